The molecule has 0 bridgehead atoms. The fourth-order valence-corrected chi connectivity index (χ4v) is 1.95. The molecule has 1 saturated heterocycles. The SMILES string of the molecule is COCCN(CCCl)CC1CCCO1. The number of halogens is 1. The van der Waals surface area contributed by atoms with Gasteiger partial charge in [-0.1, -0.05) is 0 Å². The lowest BCUT2D eigenvalue weighted by Crippen LogP contribution is -2.36. The molecule has 0 aromatic rings. The fourth-order valence-electron chi connectivity index (χ4n) is 1.71. The van der Waals surface area contributed by atoms with E-state index in [1.54, 1.807) is 7.11 Å². The highest BCUT2D eigenvalue weighted by Crippen LogP contribution is 2.13. The summed E-state index contributed by atoms with van der Waals surface area (Å²) in [6.07, 6.45) is 2.80. The average molecular weight is 222 g/mol. The lowest BCUT2D eigenvalue weighted by atomic mass is 10.2. The first-order chi connectivity index (χ1) is 6.86. The minimum atomic E-state index is 0.412. The first-order valence-corrected chi connectivity index (χ1v) is 5.79. The molecule has 1 aliphatic rings. The van der Waals surface area contributed by atoms with Crippen LogP contribution in [0.15, 0.2) is 0 Å². The molecule has 84 valence electrons. The van der Waals surface area contributed by atoms with Crippen LogP contribution >= 0.6 is 11.6 Å². The zero-order valence-electron chi connectivity index (χ0n) is 8.88. The summed E-state index contributed by atoms with van der Waals surface area (Å²) in [7, 11) is 1.73. The molecule has 1 heterocycles. The number of ether oxygens (including phenoxy) is 2. The van der Waals surface area contributed by atoms with Crippen LogP contribution in [0.4, 0.5) is 0 Å². The standard InChI is InChI=1S/C10H20ClNO2/c1-13-8-6-12(5-4-11)9-10-3-2-7-14-10/h10H,2-9H2,1H3. The maximum absolute atomic E-state index is 5.74. The molecule has 1 rings (SSSR count). The van der Waals surface area contributed by atoms with Gasteiger partial charge in [0, 0.05) is 39.2 Å². The van der Waals surface area contributed by atoms with Crippen LogP contribution < -0.4 is 0 Å². The molecule has 1 unspecified atom stereocenters. The van der Waals surface area contributed by atoms with E-state index in [9.17, 15) is 0 Å². The van der Waals surface area contributed by atoms with Crippen LogP contribution in [0.1, 0.15) is 12.8 Å². The molecule has 0 saturated carbocycles. The lowest BCUT2D eigenvalue weighted by molar-refractivity contribution is 0.0641. The van der Waals surface area contributed by atoms with Crippen LogP contribution in [-0.2, 0) is 9.47 Å². The summed E-state index contributed by atoms with van der Waals surface area (Å²) in [5.74, 6) is 0.677. The Labute approximate surface area is 91.3 Å². The summed E-state index contributed by atoms with van der Waals surface area (Å²) in [5, 5.41) is 0. The van der Waals surface area contributed by atoms with Crippen LogP contribution in [0.2, 0.25) is 0 Å². The smallest absolute Gasteiger partial charge is 0.0702 e. The summed E-state index contributed by atoms with van der Waals surface area (Å²) in [5.41, 5.74) is 0. The monoisotopic (exact) mass is 221 g/mol. The first kappa shape index (κ1) is 12.2. The van der Waals surface area contributed by atoms with Crippen molar-refractivity contribution in [2.45, 2.75) is 18.9 Å². The van der Waals surface area contributed by atoms with E-state index < -0.39 is 0 Å². The van der Waals surface area contributed by atoms with Crippen molar-refractivity contribution in [3.8, 4) is 0 Å². The van der Waals surface area contributed by atoms with Crippen molar-refractivity contribution in [3.63, 3.8) is 0 Å². The molecular weight excluding hydrogens is 202 g/mol. The van der Waals surface area contributed by atoms with E-state index in [1.165, 1.54) is 12.8 Å². The van der Waals surface area contributed by atoms with Gasteiger partial charge < -0.3 is 9.47 Å². The lowest BCUT2D eigenvalue weighted by Gasteiger charge is -2.23. The maximum Gasteiger partial charge on any atom is 0.0702 e. The highest BCUT2D eigenvalue weighted by Gasteiger charge is 2.18. The Kier molecular flexibility index (Phi) is 6.52. The van der Waals surface area contributed by atoms with Crippen molar-refractivity contribution >= 4 is 11.6 Å². The van der Waals surface area contributed by atoms with E-state index in [-0.39, 0.29) is 0 Å². The number of nitrogens with zero attached hydrogens (tertiary/aromatic N) is 1. The van der Waals surface area contributed by atoms with Gasteiger partial charge in [-0.25, -0.2) is 0 Å². The zero-order valence-corrected chi connectivity index (χ0v) is 9.63. The van der Waals surface area contributed by atoms with Crippen LogP contribution in [-0.4, -0.2) is 56.8 Å². The molecular formula is C10H20ClNO2. The van der Waals surface area contributed by atoms with Crippen molar-refractivity contribution in [1.82, 2.24) is 4.90 Å². The van der Waals surface area contributed by atoms with Gasteiger partial charge in [0.2, 0.25) is 0 Å². The minimum Gasteiger partial charge on any atom is -0.383 e. The Hall–Kier alpha value is 0.170. The van der Waals surface area contributed by atoms with Gasteiger partial charge in [-0.3, -0.25) is 4.90 Å². The number of rotatable bonds is 7. The van der Waals surface area contributed by atoms with Crippen molar-refractivity contribution in [2.75, 3.05) is 45.8 Å². The van der Waals surface area contributed by atoms with E-state index in [2.05, 4.69) is 4.90 Å². The number of methoxy groups -OCH3 is 1. The van der Waals surface area contributed by atoms with Crippen molar-refractivity contribution in [2.24, 2.45) is 0 Å². The predicted molar refractivity (Wildman–Crippen MR) is 58.0 cm³/mol. The molecule has 0 aromatic heterocycles. The summed E-state index contributed by atoms with van der Waals surface area (Å²) in [6, 6.07) is 0. The number of hydrogen-bond donors (Lipinski definition) is 0. The van der Waals surface area contributed by atoms with Gasteiger partial charge in [0.05, 0.1) is 12.7 Å². The molecule has 1 fully saturated rings. The van der Waals surface area contributed by atoms with Crippen molar-refractivity contribution in [1.29, 1.82) is 0 Å². The van der Waals surface area contributed by atoms with Gasteiger partial charge in [0.25, 0.3) is 0 Å². The molecule has 1 atom stereocenters. The molecule has 0 aliphatic carbocycles. The van der Waals surface area contributed by atoms with Gasteiger partial charge in [0.15, 0.2) is 0 Å². The summed E-state index contributed by atoms with van der Waals surface area (Å²) in [6.45, 7) is 4.55. The quantitative estimate of drug-likeness (QED) is 0.606. The molecule has 0 aromatic carbocycles. The van der Waals surface area contributed by atoms with Gasteiger partial charge in [-0.05, 0) is 12.8 Å². The molecule has 4 heteroatoms. The molecule has 0 N–H and O–H groups in total. The first-order valence-electron chi connectivity index (χ1n) is 5.25. The Morgan fingerprint density at radius 3 is 2.93 bits per heavy atom. The van der Waals surface area contributed by atoms with Gasteiger partial charge in [0.1, 0.15) is 0 Å². The third kappa shape index (κ3) is 4.60. The molecule has 14 heavy (non-hydrogen) atoms. The van der Waals surface area contributed by atoms with Crippen molar-refractivity contribution in [3.05, 3.63) is 0 Å². The van der Waals surface area contributed by atoms with Crippen LogP contribution in [0.3, 0.4) is 0 Å². The van der Waals surface area contributed by atoms with Crippen LogP contribution in [0, 0.1) is 0 Å². The Balaban J connectivity index is 2.18. The van der Waals surface area contributed by atoms with E-state index in [0.717, 1.165) is 32.8 Å². The number of hydrogen-bond acceptors (Lipinski definition) is 3. The Morgan fingerprint density at radius 2 is 2.36 bits per heavy atom. The average Bonchev–Trinajstić information content (AvgIpc) is 2.67. The Morgan fingerprint density at radius 1 is 1.50 bits per heavy atom. The van der Waals surface area contributed by atoms with Crippen LogP contribution in [0.5, 0.6) is 0 Å². The Bertz CT molecular complexity index is 140. The molecule has 1 aliphatic heterocycles. The summed E-state index contributed by atoms with van der Waals surface area (Å²) in [4.78, 5) is 2.31. The van der Waals surface area contributed by atoms with E-state index in [1.807, 2.05) is 0 Å². The normalized spacial score (nSPS) is 22.1. The van der Waals surface area contributed by atoms with E-state index >= 15 is 0 Å². The van der Waals surface area contributed by atoms with Crippen molar-refractivity contribution < 1.29 is 9.47 Å². The summed E-state index contributed by atoms with van der Waals surface area (Å²) < 4.78 is 10.6. The van der Waals surface area contributed by atoms with E-state index in [0.29, 0.717) is 12.0 Å². The minimum absolute atomic E-state index is 0.412. The van der Waals surface area contributed by atoms with Gasteiger partial charge >= 0.3 is 0 Å². The van der Waals surface area contributed by atoms with Crippen LogP contribution in [0.25, 0.3) is 0 Å². The maximum atomic E-state index is 5.74. The van der Waals surface area contributed by atoms with E-state index in [4.69, 9.17) is 21.1 Å². The topological polar surface area (TPSA) is 21.7 Å². The second kappa shape index (κ2) is 7.46. The predicted octanol–water partition coefficient (Wildman–Crippen LogP) is 1.35. The molecule has 0 spiro atoms. The third-order valence-electron chi connectivity index (χ3n) is 2.50. The second-order valence-corrected chi connectivity index (χ2v) is 4.00. The third-order valence-corrected chi connectivity index (χ3v) is 2.67. The highest BCUT2D eigenvalue weighted by molar-refractivity contribution is 6.18. The molecule has 0 amide bonds. The molecule has 0 radical (unpaired) electrons. The largest absolute Gasteiger partial charge is 0.383 e. The fraction of sp³-hybridized carbons (Fsp3) is 1.00. The van der Waals surface area contributed by atoms with Gasteiger partial charge in [-0.2, -0.15) is 0 Å². The highest BCUT2D eigenvalue weighted by atomic mass is 35.5. The number of alkyl halides is 1. The second-order valence-electron chi connectivity index (χ2n) is 3.62. The molecule has 3 nitrogen and oxygen atoms in total. The zero-order chi connectivity index (χ0) is 10.2. The van der Waals surface area contributed by atoms with Gasteiger partial charge in [-0.15, -0.1) is 11.6 Å². The summed E-state index contributed by atoms with van der Waals surface area (Å²) >= 11 is 5.74.